The molecular formula is C14H16FNO5. The summed E-state index contributed by atoms with van der Waals surface area (Å²) in [5, 5.41) is 11.4. The Bertz CT molecular complexity index is 558. The molecule has 1 aromatic carbocycles. The molecule has 0 unspecified atom stereocenters. The lowest BCUT2D eigenvalue weighted by atomic mass is 10.1. The number of hydrogen-bond acceptors (Lipinski definition) is 5. The summed E-state index contributed by atoms with van der Waals surface area (Å²) in [4.78, 5) is 23.1. The maximum Gasteiger partial charge on any atom is 0.412 e. The SMILES string of the molecule is C=C(C)OC(=O)N[C@@H](Cc1ccc(O)cc1F)C(=O)OC. The molecule has 0 fully saturated rings. The van der Waals surface area contributed by atoms with E-state index in [-0.39, 0.29) is 23.5 Å². The first-order valence-electron chi connectivity index (χ1n) is 6.02. The quantitative estimate of drug-likeness (QED) is 0.640. The van der Waals surface area contributed by atoms with Crippen molar-refractivity contribution in [2.75, 3.05) is 7.11 Å². The molecule has 114 valence electrons. The minimum Gasteiger partial charge on any atom is -0.508 e. The molecule has 0 saturated heterocycles. The summed E-state index contributed by atoms with van der Waals surface area (Å²) in [6, 6.07) is 2.38. The Morgan fingerprint density at radius 1 is 1.48 bits per heavy atom. The van der Waals surface area contributed by atoms with Gasteiger partial charge in [-0.05, 0) is 18.6 Å². The predicted octanol–water partition coefficient (Wildman–Crippen LogP) is 1.88. The van der Waals surface area contributed by atoms with Gasteiger partial charge in [0.1, 0.15) is 17.6 Å². The first-order valence-corrected chi connectivity index (χ1v) is 6.02. The van der Waals surface area contributed by atoms with Gasteiger partial charge in [-0.15, -0.1) is 0 Å². The number of methoxy groups -OCH3 is 1. The lowest BCUT2D eigenvalue weighted by Gasteiger charge is -2.16. The summed E-state index contributed by atoms with van der Waals surface area (Å²) in [5.74, 6) is -1.53. The van der Waals surface area contributed by atoms with Crippen molar-refractivity contribution in [3.8, 4) is 5.75 Å². The van der Waals surface area contributed by atoms with Crippen molar-refractivity contribution in [1.29, 1.82) is 0 Å². The number of phenols is 1. The Morgan fingerprint density at radius 2 is 2.14 bits per heavy atom. The molecule has 0 aliphatic carbocycles. The largest absolute Gasteiger partial charge is 0.508 e. The van der Waals surface area contributed by atoms with E-state index < -0.39 is 23.9 Å². The van der Waals surface area contributed by atoms with E-state index in [0.717, 1.165) is 13.2 Å². The van der Waals surface area contributed by atoms with Crippen molar-refractivity contribution in [3.05, 3.63) is 41.9 Å². The van der Waals surface area contributed by atoms with Gasteiger partial charge in [0.15, 0.2) is 0 Å². The Kier molecular flexibility index (Phi) is 5.71. The van der Waals surface area contributed by atoms with Gasteiger partial charge in [-0.3, -0.25) is 0 Å². The van der Waals surface area contributed by atoms with Crippen LogP contribution in [0.4, 0.5) is 9.18 Å². The standard InChI is InChI=1S/C14H16FNO5/c1-8(2)21-14(19)16-12(13(18)20-3)6-9-4-5-10(17)7-11(9)15/h4-5,7,12,17H,1,6H2,2-3H3,(H,16,19)/t12-/m0/s1. The molecule has 6 nitrogen and oxygen atoms in total. The molecule has 1 aromatic rings. The van der Waals surface area contributed by atoms with E-state index in [1.807, 2.05) is 0 Å². The van der Waals surface area contributed by atoms with Crippen LogP contribution in [0.3, 0.4) is 0 Å². The molecule has 1 amide bonds. The van der Waals surface area contributed by atoms with Crippen LogP contribution < -0.4 is 5.32 Å². The van der Waals surface area contributed by atoms with E-state index in [4.69, 9.17) is 5.11 Å². The summed E-state index contributed by atoms with van der Waals surface area (Å²) >= 11 is 0. The van der Waals surface area contributed by atoms with E-state index in [2.05, 4.69) is 21.4 Å². The normalized spacial score (nSPS) is 11.4. The third kappa shape index (κ3) is 5.13. The van der Waals surface area contributed by atoms with Gasteiger partial charge in [0.2, 0.25) is 0 Å². The number of halogens is 1. The summed E-state index contributed by atoms with van der Waals surface area (Å²) in [6.07, 6.45) is -1.04. The molecule has 1 atom stereocenters. The van der Waals surface area contributed by atoms with Crippen LogP contribution >= 0.6 is 0 Å². The fourth-order valence-corrected chi connectivity index (χ4v) is 1.59. The lowest BCUT2D eigenvalue weighted by molar-refractivity contribution is -0.142. The number of phenolic OH excluding ortho intramolecular Hbond substituents is 1. The Labute approximate surface area is 121 Å². The summed E-state index contributed by atoms with van der Waals surface area (Å²) in [5.41, 5.74) is 0.138. The van der Waals surface area contributed by atoms with Gasteiger partial charge in [0.05, 0.1) is 12.9 Å². The first kappa shape index (κ1) is 16.5. The fraction of sp³-hybridized carbons (Fsp3) is 0.286. The van der Waals surface area contributed by atoms with Gasteiger partial charge in [0.25, 0.3) is 0 Å². The maximum absolute atomic E-state index is 13.7. The van der Waals surface area contributed by atoms with Gasteiger partial charge in [-0.1, -0.05) is 12.6 Å². The van der Waals surface area contributed by atoms with Gasteiger partial charge in [-0.25, -0.2) is 14.0 Å². The zero-order valence-corrected chi connectivity index (χ0v) is 11.7. The molecule has 0 saturated carbocycles. The van der Waals surface area contributed by atoms with Gasteiger partial charge < -0.3 is 19.9 Å². The minimum absolute atomic E-state index is 0.138. The van der Waals surface area contributed by atoms with Crippen LogP contribution in [0, 0.1) is 5.82 Å². The van der Waals surface area contributed by atoms with Crippen LogP contribution in [0.2, 0.25) is 0 Å². The second kappa shape index (κ2) is 7.28. The fourth-order valence-electron chi connectivity index (χ4n) is 1.59. The average molecular weight is 297 g/mol. The number of esters is 1. The molecule has 0 heterocycles. The zero-order valence-electron chi connectivity index (χ0n) is 11.7. The lowest BCUT2D eigenvalue weighted by Crippen LogP contribution is -2.43. The molecule has 0 aliphatic heterocycles. The highest BCUT2D eigenvalue weighted by Gasteiger charge is 2.24. The van der Waals surface area contributed by atoms with Gasteiger partial charge in [0, 0.05) is 12.5 Å². The predicted molar refractivity (Wildman–Crippen MR) is 72.0 cm³/mol. The van der Waals surface area contributed by atoms with Gasteiger partial charge in [-0.2, -0.15) is 0 Å². The number of alkyl carbamates (subject to hydrolysis) is 1. The zero-order chi connectivity index (χ0) is 16.0. The number of ether oxygens (including phenoxy) is 2. The summed E-state index contributed by atoms with van der Waals surface area (Å²) in [6.45, 7) is 4.85. The van der Waals surface area contributed by atoms with Crippen LogP contribution in [-0.4, -0.2) is 30.3 Å². The second-order valence-electron chi connectivity index (χ2n) is 4.29. The third-order valence-electron chi connectivity index (χ3n) is 2.51. The molecule has 0 bridgehead atoms. The number of hydrogen-bond donors (Lipinski definition) is 2. The van der Waals surface area contributed by atoms with Crippen molar-refractivity contribution in [3.63, 3.8) is 0 Å². The smallest absolute Gasteiger partial charge is 0.412 e. The average Bonchev–Trinajstić information content (AvgIpc) is 2.39. The van der Waals surface area contributed by atoms with Crippen molar-refractivity contribution < 1.29 is 28.6 Å². The third-order valence-corrected chi connectivity index (χ3v) is 2.51. The van der Waals surface area contributed by atoms with Crippen LogP contribution in [-0.2, 0) is 20.7 Å². The molecule has 21 heavy (non-hydrogen) atoms. The molecule has 1 rings (SSSR count). The molecule has 0 aromatic heterocycles. The number of benzene rings is 1. The molecule has 2 N–H and O–H groups in total. The minimum atomic E-state index is -1.12. The number of carbonyl (C=O) groups is 2. The van der Waals surface area contributed by atoms with Crippen molar-refractivity contribution in [2.45, 2.75) is 19.4 Å². The highest BCUT2D eigenvalue weighted by molar-refractivity contribution is 5.81. The highest BCUT2D eigenvalue weighted by atomic mass is 19.1. The van der Waals surface area contributed by atoms with Crippen LogP contribution in [0.5, 0.6) is 5.75 Å². The molecule has 7 heteroatoms. The maximum atomic E-state index is 13.7. The van der Waals surface area contributed by atoms with E-state index in [0.29, 0.717) is 0 Å². The number of rotatable bonds is 5. The number of nitrogens with one attached hydrogen (secondary N) is 1. The van der Waals surface area contributed by atoms with Crippen molar-refractivity contribution in [2.24, 2.45) is 0 Å². The van der Waals surface area contributed by atoms with Crippen LogP contribution in [0.1, 0.15) is 12.5 Å². The Balaban J connectivity index is 2.85. The highest BCUT2D eigenvalue weighted by Crippen LogP contribution is 2.17. The molecule has 0 spiro atoms. The Morgan fingerprint density at radius 3 is 2.67 bits per heavy atom. The van der Waals surface area contributed by atoms with E-state index >= 15 is 0 Å². The molecule has 0 radical (unpaired) electrons. The number of allylic oxidation sites excluding steroid dienone is 1. The number of carbonyl (C=O) groups excluding carboxylic acids is 2. The Hall–Kier alpha value is -2.57. The van der Waals surface area contributed by atoms with E-state index in [1.165, 1.54) is 19.1 Å². The number of aromatic hydroxyl groups is 1. The molecule has 0 aliphatic rings. The van der Waals surface area contributed by atoms with Crippen molar-refractivity contribution in [1.82, 2.24) is 5.32 Å². The van der Waals surface area contributed by atoms with Crippen LogP contribution in [0.15, 0.2) is 30.5 Å². The van der Waals surface area contributed by atoms with Crippen molar-refractivity contribution >= 4 is 12.1 Å². The van der Waals surface area contributed by atoms with Gasteiger partial charge >= 0.3 is 12.1 Å². The number of amides is 1. The summed E-state index contributed by atoms with van der Waals surface area (Å²) < 4.78 is 22.9. The monoisotopic (exact) mass is 297 g/mol. The first-order chi connectivity index (χ1) is 9.83. The summed E-state index contributed by atoms with van der Waals surface area (Å²) in [7, 11) is 1.15. The topological polar surface area (TPSA) is 84.9 Å². The van der Waals surface area contributed by atoms with E-state index in [9.17, 15) is 14.0 Å². The van der Waals surface area contributed by atoms with E-state index in [1.54, 1.807) is 0 Å². The molecular weight excluding hydrogens is 281 g/mol. The van der Waals surface area contributed by atoms with Crippen LogP contribution in [0.25, 0.3) is 0 Å². The second-order valence-corrected chi connectivity index (χ2v) is 4.29.